The van der Waals surface area contributed by atoms with E-state index in [0.717, 1.165) is 13.0 Å². The van der Waals surface area contributed by atoms with Crippen molar-refractivity contribution < 1.29 is 5.11 Å². The first kappa shape index (κ1) is 14.3. The molecule has 0 spiro atoms. The first-order valence-electron chi connectivity index (χ1n) is 7.93. The van der Waals surface area contributed by atoms with E-state index >= 15 is 0 Å². The predicted molar refractivity (Wildman–Crippen MR) is 75.5 cm³/mol. The molecule has 2 rings (SSSR count). The van der Waals surface area contributed by atoms with Gasteiger partial charge in [-0.1, -0.05) is 25.7 Å². The normalized spacial score (nSPS) is 35.3. The van der Waals surface area contributed by atoms with Crippen LogP contribution in [-0.4, -0.2) is 41.8 Å². The van der Waals surface area contributed by atoms with Crippen LogP contribution in [0.2, 0.25) is 0 Å². The van der Waals surface area contributed by atoms with E-state index in [-0.39, 0.29) is 0 Å². The topological polar surface area (TPSA) is 49.5 Å². The monoisotopic (exact) mass is 254 g/mol. The minimum Gasteiger partial charge on any atom is -0.396 e. The lowest BCUT2D eigenvalue weighted by Crippen LogP contribution is -2.50. The van der Waals surface area contributed by atoms with E-state index in [1.165, 1.54) is 57.9 Å². The Kier molecular flexibility index (Phi) is 5.93. The number of aliphatic hydroxyl groups is 1. The van der Waals surface area contributed by atoms with Crippen LogP contribution in [0.25, 0.3) is 0 Å². The lowest BCUT2D eigenvalue weighted by Gasteiger charge is -2.44. The number of aliphatic hydroxyl groups excluding tert-OH is 1. The van der Waals surface area contributed by atoms with Gasteiger partial charge in [0.1, 0.15) is 0 Å². The van der Waals surface area contributed by atoms with Gasteiger partial charge in [-0.25, -0.2) is 0 Å². The first-order chi connectivity index (χ1) is 8.86. The van der Waals surface area contributed by atoms with Crippen LogP contribution in [0.3, 0.4) is 0 Å². The Balaban J connectivity index is 2.03. The van der Waals surface area contributed by atoms with Gasteiger partial charge in [0.15, 0.2) is 0 Å². The van der Waals surface area contributed by atoms with Gasteiger partial charge in [-0.15, -0.1) is 0 Å². The molecule has 1 aliphatic carbocycles. The highest BCUT2D eigenvalue weighted by molar-refractivity contribution is 4.88. The smallest absolute Gasteiger partial charge is 0.0445 e. The molecule has 0 aromatic heterocycles. The van der Waals surface area contributed by atoms with Gasteiger partial charge in [0.05, 0.1) is 0 Å². The molecular formula is C15H30N2O. The summed E-state index contributed by atoms with van der Waals surface area (Å²) >= 11 is 0. The second kappa shape index (κ2) is 7.46. The molecule has 3 N–H and O–H groups in total. The third-order valence-electron chi connectivity index (χ3n) is 4.98. The fourth-order valence-corrected chi connectivity index (χ4v) is 3.99. The summed E-state index contributed by atoms with van der Waals surface area (Å²) in [6.45, 7) is 2.40. The minimum absolute atomic E-state index is 0.335. The van der Waals surface area contributed by atoms with E-state index in [0.29, 0.717) is 24.6 Å². The zero-order valence-corrected chi connectivity index (χ0v) is 11.7. The number of rotatable bonds is 4. The average molecular weight is 254 g/mol. The first-order valence-corrected chi connectivity index (χ1v) is 7.93. The number of hydrogen-bond acceptors (Lipinski definition) is 3. The van der Waals surface area contributed by atoms with E-state index in [2.05, 4.69) is 4.90 Å². The molecule has 1 saturated carbocycles. The summed E-state index contributed by atoms with van der Waals surface area (Å²) in [5.41, 5.74) is 6.01. The summed E-state index contributed by atoms with van der Waals surface area (Å²) in [7, 11) is 0. The molecular weight excluding hydrogens is 224 g/mol. The second-order valence-electron chi connectivity index (χ2n) is 6.10. The lowest BCUT2D eigenvalue weighted by atomic mass is 9.88. The van der Waals surface area contributed by atoms with Crippen molar-refractivity contribution in [3.8, 4) is 0 Å². The van der Waals surface area contributed by atoms with Crippen molar-refractivity contribution in [2.45, 2.75) is 69.9 Å². The van der Waals surface area contributed by atoms with Crippen LogP contribution < -0.4 is 5.73 Å². The Morgan fingerprint density at radius 1 is 1.00 bits per heavy atom. The maximum absolute atomic E-state index is 9.26. The molecule has 2 aliphatic rings. The standard InChI is InChI=1S/C15H30N2O/c16-12-13-6-2-1-3-8-15(13)17-10-5-4-7-14(17)9-11-18/h13-15,18H,1-12,16H2. The molecule has 2 fully saturated rings. The summed E-state index contributed by atoms with van der Waals surface area (Å²) in [6.07, 6.45) is 11.6. The van der Waals surface area contributed by atoms with E-state index in [9.17, 15) is 5.11 Å². The van der Waals surface area contributed by atoms with Gasteiger partial charge in [0, 0.05) is 18.7 Å². The molecule has 0 aromatic rings. The Labute approximate surface area is 112 Å². The number of hydrogen-bond donors (Lipinski definition) is 2. The van der Waals surface area contributed by atoms with Crippen molar-refractivity contribution in [1.82, 2.24) is 4.90 Å². The van der Waals surface area contributed by atoms with Crippen molar-refractivity contribution in [2.24, 2.45) is 11.7 Å². The van der Waals surface area contributed by atoms with Gasteiger partial charge in [-0.3, -0.25) is 4.90 Å². The number of likely N-dealkylation sites (tertiary alicyclic amines) is 1. The van der Waals surface area contributed by atoms with Gasteiger partial charge in [0.25, 0.3) is 0 Å². The molecule has 3 heteroatoms. The van der Waals surface area contributed by atoms with Crippen LogP contribution in [0.5, 0.6) is 0 Å². The summed E-state index contributed by atoms with van der Waals surface area (Å²) in [6, 6.07) is 1.30. The van der Waals surface area contributed by atoms with Crippen molar-refractivity contribution >= 4 is 0 Å². The number of piperidine rings is 1. The van der Waals surface area contributed by atoms with Crippen LogP contribution in [0.15, 0.2) is 0 Å². The van der Waals surface area contributed by atoms with Gasteiger partial charge in [0.2, 0.25) is 0 Å². The molecule has 1 heterocycles. The lowest BCUT2D eigenvalue weighted by molar-refractivity contribution is 0.0449. The highest BCUT2D eigenvalue weighted by Gasteiger charge is 2.33. The average Bonchev–Trinajstić information content (AvgIpc) is 2.65. The Morgan fingerprint density at radius 3 is 2.56 bits per heavy atom. The number of nitrogens with two attached hydrogens (primary N) is 1. The summed E-state index contributed by atoms with van der Waals surface area (Å²) < 4.78 is 0. The predicted octanol–water partition coefficient (Wildman–Crippen LogP) is 2.13. The van der Waals surface area contributed by atoms with E-state index in [4.69, 9.17) is 5.73 Å². The molecule has 0 amide bonds. The van der Waals surface area contributed by atoms with E-state index in [1.54, 1.807) is 0 Å². The largest absolute Gasteiger partial charge is 0.396 e. The van der Waals surface area contributed by atoms with E-state index in [1.807, 2.05) is 0 Å². The highest BCUT2D eigenvalue weighted by Crippen LogP contribution is 2.32. The quantitative estimate of drug-likeness (QED) is 0.756. The van der Waals surface area contributed by atoms with Gasteiger partial charge in [-0.05, 0) is 51.1 Å². The van der Waals surface area contributed by atoms with E-state index < -0.39 is 0 Å². The fourth-order valence-electron chi connectivity index (χ4n) is 3.99. The molecule has 18 heavy (non-hydrogen) atoms. The van der Waals surface area contributed by atoms with Crippen LogP contribution in [0.1, 0.15) is 57.8 Å². The van der Waals surface area contributed by atoms with Crippen molar-refractivity contribution in [3.63, 3.8) is 0 Å². The summed E-state index contributed by atoms with van der Waals surface area (Å²) in [4.78, 5) is 2.71. The Morgan fingerprint density at radius 2 is 1.78 bits per heavy atom. The molecule has 0 aromatic carbocycles. The molecule has 1 saturated heterocycles. The minimum atomic E-state index is 0.335. The highest BCUT2D eigenvalue weighted by atomic mass is 16.3. The zero-order chi connectivity index (χ0) is 12.8. The zero-order valence-electron chi connectivity index (χ0n) is 11.7. The maximum atomic E-state index is 9.26. The molecule has 0 radical (unpaired) electrons. The maximum Gasteiger partial charge on any atom is 0.0445 e. The molecule has 3 unspecified atom stereocenters. The molecule has 1 aliphatic heterocycles. The van der Waals surface area contributed by atoms with Crippen LogP contribution >= 0.6 is 0 Å². The van der Waals surface area contributed by atoms with Crippen molar-refractivity contribution in [1.29, 1.82) is 0 Å². The fraction of sp³-hybridized carbons (Fsp3) is 1.00. The summed E-state index contributed by atoms with van der Waals surface area (Å²) in [5.74, 6) is 0.687. The van der Waals surface area contributed by atoms with Crippen molar-refractivity contribution in [3.05, 3.63) is 0 Å². The molecule has 106 valence electrons. The molecule has 3 atom stereocenters. The number of nitrogens with zero attached hydrogens (tertiary/aromatic N) is 1. The third-order valence-corrected chi connectivity index (χ3v) is 4.98. The summed E-state index contributed by atoms with van der Waals surface area (Å²) in [5, 5.41) is 9.26. The van der Waals surface area contributed by atoms with Crippen molar-refractivity contribution in [2.75, 3.05) is 19.7 Å². The van der Waals surface area contributed by atoms with Gasteiger partial charge < -0.3 is 10.8 Å². The third kappa shape index (κ3) is 3.46. The van der Waals surface area contributed by atoms with Gasteiger partial charge in [-0.2, -0.15) is 0 Å². The Hall–Kier alpha value is -0.120. The molecule has 0 bridgehead atoms. The van der Waals surface area contributed by atoms with Crippen LogP contribution in [-0.2, 0) is 0 Å². The van der Waals surface area contributed by atoms with Crippen LogP contribution in [0, 0.1) is 5.92 Å². The SMILES string of the molecule is NCC1CCCCCC1N1CCCCC1CCO. The van der Waals surface area contributed by atoms with Gasteiger partial charge >= 0.3 is 0 Å². The molecule has 3 nitrogen and oxygen atoms in total. The Bertz CT molecular complexity index is 233. The van der Waals surface area contributed by atoms with Crippen LogP contribution in [0.4, 0.5) is 0 Å². The second-order valence-corrected chi connectivity index (χ2v) is 6.10.